The average molecular weight is 861 g/mol. The molecule has 6 heterocycles. The molecule has 3 N–H and O–H groups in total. The van der Waals surface area contributed by atoms with Gasteiger partial charge in [0.15, 0.2) is 5.03 Å². The van der Waals surface area contributed by atoms with Gasteiger partial charge in [-0.3, -0.25) is 9.36 Å². The minimum atomic E-state index is -1.23. The highest BCUT2D eigenvalue weighted by atomic mass is 32.2. The smallest absolute Gasteiger partial charge is 0.392 e. The van der Waals surface area contributed by atoms with Gasteiger partial charge in [-0.05, 0) is 104 Å². The Bertz CT molecular complexity index is 3190. The molecule has 1 aliphatic carbocycles. The summed E-state index contributed by atoms with van der Waals surface area (Å²) in [5.74, 6) is -2.19. The van der Waals surface area contributed by atoms with Gasteiger partial charge in [0, 0.05) is 27.8 Å². The van der Waals surface area contributed by atoms with Crippen LogP contribution in [0.25, 0.3) is 37.6 Å². The number of carboxylic acid groups (broad SMARTS) is 2. The number of fused-ring (bicyclic) bond motifs is 4. The molecule has 1 amide bonds. The molecule has 11 nitrogen and oxygen atoms in total. The summed E-state index contributed by atoms with van der Waals surface area (Å²) >= 11 is 4.19. The fourth-order valence-electron chi connectivity index (χ4n) is 9.46. The summed E-state index contributed by atoms with van der Waals surface area (Å²) in [6.45, 7) is 0. The van der Waals surface area contributed by atoms with Crippen molar-refractivity contribution in [3.05, 3.63) is 169 Å². The molecule has 1 saturated carbocycles. The first-order valence-electron chi connectivity index (χ1n) is 19.8. The molecule has 300 valence electrons. The molecule has 1 unspecified atom stereocenters. The first-order valence-corrected chi connectivity index (χ1v) is 22.5. The number of aliphatic carboxylic acids is 2. The van der Waals surface area contributed by atoms with Crippen molar-refractivity contribution in [3.8, 4) is 10.4 Å². The predicted molar refractivity (Wildman–Crippen MR) is 239 cm³/mol. The van der Waals surface area contributed by atoms with Crippen molar-refractivity contribution in [1.29, 1.82) is 0 Å². The highest BCUT2D eigenvalue weighted by Gasteiger charge is 2.62. The van der Waals surface area contributed by atoms with Gasteiger partial charge in [0.1, 0.15) is 12.2 Å². The zero-order valence-corrected chi connectivity index (χ0v) is 34.7. The van der Waals surface area contributed by atoms with E-state index in [4.69, 9.17) is 0 Å². The highest BCUT2D eigenvalue weighted by molar-refractivity contribution is 8.06. The number of carbonyl (C=O) groups is 3. The topological polar surface area (TPSA) is 155 Å². The fourth-order valence-corrected chi connectivity index (χ4v) is 13.0. The van der Waals surface area contributed by atoms with Gasteiger partial charge in [-0.25, -0.2) is 14.4 Å². The summed E-state index contributed by atoms with van der Waals surface area (Å²) in [4.78, 5) is 56.6. The van der Waals surface area contributed by atoms with Crippen LogP contribution in [0.2, 0.25) is 0 Å². The summed E-state index contributed by atoms with van der Waals surface area (Å²) in [5.41, 5.74) is 5.89. The zero-order valence-electron chi connectivity index (χ0n) is 32.2. The van der Waals surface area contributed by atoms with Crippen LogP contribution in [0.3, 0.4) is 0 Å². The average Bonchev–Trinajstić information content (AvgIpc) is 3.73. The third kappa shape index (κ3) is 5.77. The summed E-state index contributed by atoms with van der Waals surface area (Å²) in [6, 6.07) is 30.8. The second kappa shape index (κ2) is 14.4. The number of rotatable bonds is 10. The van der Waals surface area contributed by atoms with E-state index in [1.54, 1.807) is 11.5 Å². The van der Waals surface area contributed by atoms with Crippen LogP contribution < -0.4 is 10.0 Å². The number of H-pyrrole nitrogens is 1. The largest absolute Gasteiger partial charge is 0.480 e. The molecule has 1 fully saturated rings. The number of thioether (sulfide) groups is 2. The number of aromatic amines is 1. The zero-order chi connectivity index (χ0) is 41.6. The summed E-state index contributed by atoms with van der Waals surface area (Å²) in [7, 11) is 0. The van der Waals surface area contributed by atoms with Gasteiger partial charge < -0.3 is 10.2 Å². The van der Waals surface area contributed by atoms with Gasteiger partial charge in [-0.1, -0.05) is 90.0 Å². The molecule has 3 aromatic heterocycles. The van der Waals surface area contributed by atoms with Gasteiger partial charge in [-0.15, -0.1) is 27.6 Å². The third-order valence-corrected chi connectivity index (χ3v) is 15.3. The number of benzene rings is 4. The van der Waals surface area contributed by atoms with Crippen molar-refractivity contribution in [1.82, 2.24) is 24.5 Å². The standard InChI is InChI=1S/C47H33N5O6S3/c53-38-21-30(41(36-15-6-18-59-36)43-51(38)34(23-60-43)46(55)56)19-29-12-4-9-26-10-5-14-32(39(26)29)42-33(20-28-11-3-8-25-7-1-2-13-31(25)28)40(27-16-17-27)45-52(44(42)54,37-22-48-50-49-37)35(24-61-45)47(57)58/h1-15,18,21-22,24,27,34H,16-17,19-20,23H2,(H2-,48,49,50,55,56,57,58)/p+1/t34-,52?/m0/s1. The molecule has 3 aliphatic heterocycles. The van der Waals surface area contributed by atoms with E-state index >= 15 is 4.79 Å². The van der Waals surface area contributed by atoms with E-state index < -0.39 is 28.4 Å². The van der Waals surface area contributed by atoms with Crippen LogP contribution in [0.15, 0.2) is 146 Å². The van der Waals surface area contributed by atoms with E-state index in [1.807, 2.05) is 72.1 Å². The van der Waals surface area contributed by atoms with Crippen molar-refractivity contribution in [3.63, 3.8) is 0 Å². The number of amides is 1. The molecular weight excluding hydrogens is 827 g/mol. The molecule has 61 heavy (non-hydrogen) atoms. The molecule has 2 atom stereocenters. The van der Waals surface area contributed by atoms with Crippen LogP contribution in [0.1, 0.15) is 41.1 Å². The van der Waals surface area contributed by atoms with Crippen LogP contribution in [-0.4, -0.2) is 53.8 Å². The predicted octanol–water partition coefficient (Wildman–Crippen LogP) is 9.16. The van der Waals surface area contributed by atoms with Crippen LogP contribution >= 0.6 is 34.9 Å². The van der Waals surface area contributed by atoms with Crippen molar-refractivity contribution >= 4 is 85.6 Å². The van der Waals surface area contributed by atoms with Crippen LogP contribution in [0.5, 0.6) is 0 Å². The van der Waals surface area contributed by atoms with Crippen LogP contribution in [-0.2, 0) is 27.2 Å². The number of allylic oxidation sites excluding steroid dienone is 2. The molecule has 7 aromatic rings. The lowest BCUT2D eigenvalue weighted by Gasteiger charge is -2.36. The van der Waals surface area contributed by atoms with Crippen LogP contribution in [0.4, 0.5) is 5.82 Å². The van der Waals surface area contributed by atoms with Crippen molar-refractivity contribution in [2.45, 2.75) is 36.8 Å². The van der Waals surface area contributed by atoms with E-state index in [0.717, 1.165) is 72.7 Å². The Morgan fingerprint density at radius 1 is 0.869 bits per heavy atom. The van der Waals surface area contributed by atoms with Crippen molar-refractivity contribution in [2.75, 3.05) is 5.75 Å². The Morgan fingerprint density at radius 3 is 2.38 bits per heavy atom. The number of nitrogens with one attached hydrogen (secondary N) is 1. The van der Waals surface area contributed by atoms with Crippen molar-refractivity contribution in [2.24, 2.45) is 5.92 Å². The number of aromatic nitrogens is 4. The lowest BCUT2D eigenvalue weighted by atomic mass is 9.81. The van der Waals surface area contributed by atoms with Crippen molar-refractivity contribution < 1.29 is 24.6 Å². The minimum Gasteiger partial charge on any atom is -0.480 e. The molecule has 4 aromatic carbocycles. The lowest BCUT2D eigenvalue weighted by Crippen LogP contribution is -2.54. The summed E-state index contributed by atoms with van der Waals surface area (Å²) in [6.07, 6.45) is 3.95. The number of hydrogen-bond donors (Lipinski definition) is 3. The Labute approximate surface area is 360 Å². The van der Waals surface area contributed by atoms with Gasteiger partial charge >= 0.3 is 17.8 Å². The third-order valence-electron chi connectivity index (χ3n) is 12.2. The Hall–Kier alpha value is -6.32. The van der Waals surface area contributed by atoms with Gasteiger partial charge in [0.2, 0.25) is 5.70 Å². The number of nitrogens with zero attached hydrogens (tertiary/aromatic N) is 4. The molecule has 0 bridgehead atoms. The first-order chi connectivity index (χ1) is 29.8. The van der Waals surface area contributed by atoms with Gasteiger partial charge in [-0.2, -0.15) is 10.3 Å². The van der Waals surface area contributed by atoms with E-state index in [9.17, 15) is 24.6 Å². The molecule has 0 radical (unpaired) electrons. The molecule has 0 spiro atoms. The lowest BCUT2D eigenvalue weighted by molar-refractivity contribution is -0.140. The summed E-state index contributed by atoms with van der Waals surface area (Å²) in [5, 5.41) is 40.7. The van der Waals surface area contributed by atoms with E-state index in [0.29, 0.717) is 34.0 Å². The maximum atomic E-state index is 16.2. The van der Waals surface area contributed by atoms with Gasteiger partial charge in [0.05, 0.1) is 16.0 Å². The van der Waals surface area contributed by atoms with E-state index in [-0.39, 0.29) is 28.7 Å². The van der Waals surface area contributed by atoms with Crippen LogP contribution in [0, 0.1) is 5.92 Å². The molecule has 0 saturated heterocycles. The maximum Gasteiger partial charge on any atom is 0.392 e. The molecule has 11 rings (SSSR count). The Balaban J connectivity index is 1.19. The molecule has 4 aliphatic rings. The fraction of sp³-hybridized carbons (Fsp3) is 0.149. The monoisotopic (exact) mass is 860 g/mol. The van der Waals surface area contributed by atoms with E-state index in [2.05, 4.69) is 39.7 Å². The number of pyridine rings is 1. The molecule has 14 heteroatoms. The highest BCUT2D eigenvalue weighted by Crippen LogP contribution is 2.59. The minimum absolute atomic E-state index is 0.0934. The maximum absolute atomic E-state index is 16.2. The number of hydrogen-bond acceptors (Lipinski definition) is 9. The quantitative estimate of drug-likeness (QED) is 0.113. The number of carbonyl (C=O) groups excluding carboxylic acids is 1. The van der Waals surface area contributed by atoms with E-state index in [1.165, 1.54) is 45.6 Å². The second-order valence-corrected chi connectivity index (χ2v) is 18.4. The number of quaternary nitrogens is 1. The summed E-state index contributed by atoms with van der Waals surface area (Å²) < 4.78 is 0.685. The van der Waals surface area contributed by atoms with Gasteiger partial charge in [0.25, 0.3) is 11.4 Å². The Kier molecular flexibility index (Phi) is 8.90. The Morgan fingerprint density at radius 2 is 1.64 bits per heavy atom. The number of carboxylic acids is 2. The number of thiophene rings is 1. The first kappa shape index (κ1) is 37.7. The SMILES string of the molecule is O=C(O)C1=CSC2=C(C3CC3)C(Cc3cccc4ccccc34)=C(c3cccc4cccc(Cc5cc(=O)n6c(c5-c5cccs5)SC[C@H]6C(=O)O)c34)C(=O)[N+]12c1cn[nH]n1. The normalized spacial score (nSPS) is 19.8. The second-order valence-electron chi connectivity index (χ2n) is 15.6. The molecular formula is C47H34N5O6S3+.